The van der Waals surface area contributed by atoms with Crippen LogP contribution in [0.1, 0.15) is 5.56 Å². The van der Waals surface area contributed by atoms with E-state index in [1.165, 1.54) is 12.1 Å². The third-order valence-electron chi connectivity index (χ3n) is 3.69. The first-order valence-electron chi connectivity index (χ1n) is 7.46. The summed E-state index contributed by atoms with van der Waals surface area (Å²) < 4.78 is 68.6. The van der Waals surface area contributed by atoms with Gasteiger partial charge in [0, 0.05) is 17.7 Å². The summed E-state index contributed by atoms with van der Waals surface area (Å²) in [5.74, 6) is -1.40. The lowest BCUT2D eigenvalue weighted by atomic mass is 10.0. The summed E-state index contributed by atoms with van der Waals surface area (Å²) in [6.45, 7) is -0.500. The molecule has 1 radical (unpaired) electrons. The Hall–Kier alpha value is -2.81. The number of allylic oxidation sites excluding steroid dienone is 1. The highest BCUT2D eigenvalue weighted by molar-refractivity contribution is 5.92. The molecule has 0 fully saturated rings. The summed E-state index contributed by atoms with van der Waals surface area (Å²) in [5.41, 5.74) is 3.95. The summed E-state index contributed by atoms with van der Waals surface area (Å²) in [6.07, 6.45) is -3.60. The Morgan fingerprint density at radius 2 is 2.04 bits per heavy atom. The van der Waals surface area contributed by atoms with E-state index in [1.807, 2.05) is 0 Å². The standard InChI is InChI=1S/C17H12F5N4/c18-11(5-6-23)9-26-15-8-10(17(20,21)22)7-13(16(15)24-25-26)12-3-1-2-4-14(12)19/h2-5,7-8H,6,9,23H2/b11-5-. The first-order valence-corrected chi connectivity index (χ1v) is 7.46. The van der Waals surface area contributed by atoms with E-state index in [0.717, 1.165) is 29.0 Å². The van der Waals surface area contributed by atoms with E-state index in [0.29, 0.717) is 0 Å². The maximum absolute atomic E-state index is 14.1. The van der Waals surface area contributed by atoms with Gasteiger partial charge in [-0.2, -0.15) is 13.2 Å². The average molecular weight is 367 g/mol. The zero-order chi connectivity index (χ0) is 18.9. The maximum atomic E-state index is 14.1. The Balaban J connectivity index is 2.26. The van der Waals surface area contributed by atoms with Crippen LogP contribution in [0, 0.1) is 11.9 Å². The minimum absolute atomic E-state index is 0.0250. The van der Waals surface area contributed by atoms with Crippen LogP contribution in [0.2, 0.25) is 0 Å². The van der Waals surface area contributed by atoms with E-state index in [9.17, 15) is 22.0 Å². The van der Waals surface area contributed by atoms with Gasteiger partial charge in [-0.15, -0.1) is 5.10 Å². The third-order valence-corrected chi connectivity index (χ3v) is 3.69. The fourth-order valence-corrected chi connectivity index (χ4v) is 2.51. The molecule has 1 heterocycles. The Morgan fingerprint density at radius 1 is 1.27 bits per heavy atom. The lowest BCUT2D eigenvalue weighted by Crippen LogP contribution is -2.07. The van der Waals surface area contributed by atoms with Crippen LogP contribution in [-0.2, 0) is 12.7 Å². The monoisotopic (exact) mass is 367 g/mol. The van der Waals surface area contributed by atoms with Crippen LogP contribution in [0.4, 0.5) is 22.0 Å². The first-order chi connectivity index (χ1) is 12.3. The molecule has 0 saturated heterocycles. The minimum atomic E-state index is -4.68. The van der Waals surface area contributed by atoms with Gasteiger partial charge < -0.3 is 5.73 Å². The van der Waals surface area contributed by atoms with Crippen LogP contribution in [0.3, 0.4) is 0 Å². The second-order valence-corrected chi connectivity index (χ2v) is 5.43. The average Bonchev–Trinajstić information content (AvgIpc) is 2.97. The van der Waals surface area contributed by atoms with Gasteiger partial charge in [-0.05, 0) is 36.4 Å². The molecular formula is C17H12F5N4. The highest BCUT2D eigenvalue weighted by atomic mass is 19.4. The number of hydrogen-bond acceptors (Lipinski definition) is 3. The zero-order valence-electron chi connectivity index (χ0n) is 13.2. The summed E-state index contributed by atoms with van der Waals surface area (Å²) in [6, 6.07) is 7.81. The summed E-state index contributed by atoms with van der Waals surface area (Å²) >= 11 is 0. The van der Waals surface area contributed by atoms with Crippen LogP contribution < -0.4 is 5.73 Å². The van der Waals surface area contributed by atoms with Crippen LogP contribution >= 0.6 is 0 Å². The molecule has 0 unspecified atom stereocenters. The van der Waals surface area contributed by atoms with E-state index in [2.05, 4.69) is 16.4 Å². The lowest BCUT2D eigenvalue weighted by Gasteiger charge is -2.11. The quantitative estimate of drug-likeness (QED) is 0.713. The highest BCUT2D eigenvalue weighted by Crippen LogP contribution is 2.37. The number of benzene rings is 2. The molecule has 0 atom stereocenters. The molecule has 0 aliphatic rings. The topological polar surface area (TPSA) is 56.7 Å². The second kappa shape index (κ2) is 6.83. The number of nitrogens with two attached hydrogens (primary N) is 1. The third kappa shape index (κ3) is 3.43. The van der Waals surface area contributed by atoms with Gasteiger partial charge in [-0.1, -0.05) is 11.3 Å². The molecule has 0 aliphatic carbocycles. The van der Waals surface area contributed by atoms with Gasteiger partial charge >= 0.3 is 6.18 Å². The molecule has 0 spiro atoms. The fraction of sp³-hybridized carbons (Fsp3) is 0.176. The smallest absolute Gasteiger partial charge is 0.327 e. The number of halogens is 5. The highest BCUT2D eigenvalue weighted by Gasteiger charge is 2.32. The Bertz CT molecular complexity index is 975. The van der Waals surface area contributed by atoms with E-state index >= 15 is 0 Å². The van der Waals surface area contributed by atoms with Crippen molar-refractivity contribution >= 4 is 11.0 Å². The SMILES string of the molecule is NC/C=C(\F)Cn1nnc2c(-c3c[c]ccc3F)cc(C(F)(F)F)cc21. The van der Waals surface area contributed by atoms with Gasteiger partial charge in [0.15, 0.2) is 0 Å². The van der Waals surface area contributed by atoms with E-state index in [-0.39, 0.29) is 28.7 Å². The molecule has 2 N–H and O–H groups in total. The van der Waals surface area contributed by atoms with Gasteiger partial charge in [0.25, 0.3) is 0 Å². The molecule has 0 amide bonds. The van der Waals surface area contributed by atoms with E-state index in [4.69, 9.17) is 5.73 Å². The number of aromatic nitrogens is 3. The van der Waals surface area contributed by atoms with Crippen molar-refractivity contribution in [2.24, 2.45) is 5.73 Å². The van der Waals surface area contributed by atoms with Gasteiger partial charge in [0.2, 0.25) is 0 Å². The van der Waals surface area contributed by atoms with Crippen molar-refractivity contribution in [3.05, 3.63) is 59.7 Å². The second-order valence-electron chi connectivity index (χ2n) is 5.43. The largest absolute Gasteiger partial charge is 0.416 e. The van der Waals surface area contributed by atoms with Crippen molar-refractivity contribution in [2.75, 3.05) is 6.54 Å². The van der Waals surface area contributed by atoms with Crippen molar-refractivity contribution in [1.82, 2.24) is 15.0 Å². The van der Waals surface area contributed by atoms with Gasteiger partial charge in [0.05, 0.1) is 17.6 Å². The molecule has 0 saturated carbocycles. The van der Waals surface area contributed by atoms with Crippen molar-refractivity contribution in [3.8, 4) is 11.1 Å². The normalized spacial score (nSPS) is 12.8. The summed E-state index contributed by atoms with van der Waals surface area (Å²) in [7, 11) is 0. The van der Waals surface area contributed by atoms with Crippen LogP contribution in [0.15, 0.2) is 42.2 Å². The molecule has 0 aliphatic heterocycles. The summed E-state index contributed by atoms with van der Waals surface area (Å²) in [5, 5.41) is 7.51. The fourth-order valence-electron chi connectivity index (χ4n) is 2.51. The molecule has 26 heavy (non-hydrogen) atoms. The molecule has 2 aromatic carbocycles. The number of nitrogens with zero attached hydrogens (tertiary/aromatic N) is 3. The van der Waals surface area contributed by atoms with Gasteiger partial charge in [0.1, 0.15) is 17.2 Å². The predicted molar refractivity (Wildman–Crippen MR) is 85.0 cm³/mol. The minimum Gasteiger partial charge on any atom is -0.327 e. The Morgan fingerprint density at radius 3 is 2.69 bits per heavy atom. The van der Waals surface area contributed by atoms with E-state index in [1.54, 1.807) is 0 Å². The maximum Gasteiger partial charge on any atom is 0.416 e. The lowest BCUT2D eigenvalue weighted by molar-refractivity contribution is -0.137. The Labute approximate surface area is 144 Å². The van der Waals surface area contributed by atoms with Crippen LogP contribution in [-0.4, -0.2) is 21.5 Å². The number of fused-ring (bicyclic) bond motifs is 1. The van der Waals surface area contributed by atoms with Crippen LogP contribution in [0.5, 0.6) is 0 Å². The summed E-state index contributed by atoms with van der Waals surface area (Å²) in [4.78, 5) is 0. The van der Waals surface area contributed by atoms with Crippen LogP contribution in [0.25, 0.3) is 22.2 Å². The molecule has 0 bridgehead atoms. The first kappa shape index (κ1) is 18.0. The zero-order valence-corrected chi connectivity index (χ0v) is 13.2. The van der Waals surface area contributed by atoms with Crippen molar-refractivity contribution in [2.45, 2.75) is 12.7 Å². The van der Waals surface area contributed by atoms with Crippen molar-refractivity contribution in [3.63, 3.8) is 0 Å². The van der Waals surface area contributed by atoms with E-state index < -0.39 is 29.9 Å². The molecule has 3 rings (SSSR count). The van der Waals surface area contributed by atoms with Crippen molar-refractivity contribution in [1.29, 1.82) is 0 Å². The molecular weight excluding hydrogens is 355 g/mol. The molecule has 4 nitrogen and oxygen atoms in total. The molecule has 135 valence electrons. The predicted octanol–water partition coefficient (Wildman–Crippen LogP) is 3.87. The number of rotatable bonds is 4. The number of hydrogen-bond donors (Lipinski definition) is 1. The van der Waals surface area contributed by atoms with Gasteiger partial charge in [-0.25, -0.2) is 13.5 Å². The Kier molecular flexibility index (Phi) is 4.73. The van der Waals surface area contributed by atoms with Gasteiger partial charge in [-0.3, -0.25) is 0 Å². The molecule has 3 aromatic rings. The number of alkyl halides is 3. The molecule has 1 aromatic heterocycles. The van der Waals surface area contributed by atoms with Crippen molar-refractivity contribution < 1.29 is 22.0 Å². The molecule has 9 heteroatoms.